The molecule has 0 aromatic heterocycles. The van der Waals surface area contributed by atoms with Gasteiger partial charge in [0.15, 0.2) is 0 Å². The van der Waals surface area contributed by atoms with Crippen LogP contribution in [0.25, 0.3) is 65.3 Å². The monoisotopic (exact) mass is 974 g/mol. The first-order valence-electron chi connectivity index (χ1n) is 22.7. The average Bonchev–Trinajstić information content (AvgIpc) is 3.92. The topological polar surface area (TPSA) is 0 Å². The smallest absolute Gasteiger partial charge is 0.0178 e. The Morgan fingerprint density at radius 2 is 0.952 bits per heavy atom. The molecule has 2 saturated carbocycles. The summed E-state index contributed by atoms with van der Waals surface area (Å²) < 4.78 is 33.7. The fourth-order valence-electron chi connectivity index (χ4n) is 9.76. The molecule has 0 saturated heterocycles. The van der Waals surface area contributed by atoms with Gasteiger partial charge < -0.3 is 0 Å². The standard InChI is InChI=1S/2C26H25.C4H7F3Si.2ClH.Zr/c2*1-2-7-19(8-3-1)15-20-16-23-11-6-12-25(26(23)17-20)24-14-13-21-9-4-5-10-22(21)18-24;1-8-3-2-4(5,6)7;;;/h2*4-6,9-14,16-19H,1-3,7-8,15H2;2-3H2,1H3;2*1H;/q2*-1;;;;+4/p-2. The van der Waals surface area contributed by atoms with Crippen molar-refractivity contribution in [3.63, 3.8) is 0 Å². The van der Waals surface area contributed by atoms with Gasteiger partial charge in [0.1, 0.15) is 0 Å². The first-order valence-corrected chi connectivity index (χ1v) is 30.8. The van der Waals surface area contributed by atoms with Crippen LogP contribution in [0.4, 0.5) is 13.2 Å². The number of benzene rings is 6. The Bertz CT molecular complexity index is 2470. The molecule has 0 heterocycles. The maximum atomic E-state index is 11.2. The third kappa shape index (κ3) is 13.5. The normalized spacial score (nSPS) is 14.6. The van der Waals surface area contributed by atoms with E-state index in [4.69, 9.17) is 17.0 Å². The minimum Gasteiger partial charge on any atom is -0.164 e. The van der Waals surface area contributed by atoms with Crippen LogP contribution in [-0.2, 0) is 33.7 Å². The van der Waals surface area contributed by atoms with E-state index in [1.807, 2.05) is 0 Å². The molecule has 2 radical (unpaired) electrons. The first-order chi connectivity index (χ1) is 30.7. The number of hydrogen-bond donors (Lipinski definition) is 0. The van der Waals surface area contributed by atoms with Crippen molar-refractivity contribution in [3.05, 3.63) is 157 Å². The van der Waals surface area contributed by atoms with Crippen LogP contribution in [0, 0.1) is 11.8 Å². The largest absolute Gasteiger partial charge is 0.164 e. The van der Waals surface area contributed by atoms with Crippen LogP contribution in [0.5, 0.6) is 0 Å². The molecule has 324 valence electrons. The van der Waals surface area contributed by atoms with E-state index in [1.165, 1.54) is 154 Å². The van der Waals surface area contributed by atoms with E-state index >= 15 is 0 Å². The molecule has 2 fully saturated rings. The van der Waals surface area contributed by atoms with Gasteiger partial charge in [-0.25, -0.2) is 0 Å². The average molecular weight is 977 g/mol. The zero-order valence-corrected chi connectivity index (χ0v) is 41.3. The molecular formula is C56H57Cl2F3SiZr. The summed E-state index contributed by atoms with van der Waals surface area (Å²) in [5.41, 5.74) is 8.43. The Kier molecular flexibility index (Phi) is 17.8. The van der Waals surface area contributed by atoms with Crippen molar-refractivity contribution in [2.75, 3.05) is 0 Å². The van der Waals surface area contributed by atoms with Gasteiger partial charge in [0.2, 0.25) is 0 Å². The van der Waals surface area contributed by atoms with Gasteiger partial charge in [-0.15, -0.1) is 69.1 Å². The van der Waals surface area contributed by atoms with Gasteiger partial charge in [-0.05, 0) is 69.5 Å². The van der Waals surface area contributed by atoms with E-state index in [1.54, 1.807) is 6.55 Å². The van der Waals surface area contributed by atoms with Gasteiger partial charge in [0.05, 0.1) is 0 Å². The fraction of sp³-hybridized carbons (Fsp3) is 0.321. The number of alkyl halides is 3. The second-order valence-electron chi connectivity index (χ2n) is 17.4. The minimum absolute atomic E-state index is 0.281. The van der Waals surface area contributed by atoms with Crippen LogP contribution in [0.2, 0.25) is 12.6 Å². The van der Waals surface area contributed by atoms with Gasteiger partial charge in [0, 0.05) is 15.9 Å². The zero-order valence-electron chi connectivity index (χ0n) is 36.3. The third-order valence-corrected chi connectivity index (χ3v) is 13.6. The molecular weight excluding hydrogens is 920 g/mol. The van der Waals surface area contributed by atoms with Crippen LogP contribution in [0.3, 0.4) is 0 Å². The Morgan fingerprint density at radius 1 is 0.540 bits per heavy atom. The molecule has 7 heteroatoms. The van der Waals surface area contributed by atoms with Crippen LogP contribution in [0.15, 0.2) is 146 Å². The Balaban J connectivity index is 0.000000154. The number of hydrogen-bond acceptors (Lipinski definition) is 0. The maximum Gasteiger partial charge on any atom is -0.0178 e. The molecule has 2 aliphatic carbocycles. The summed E-state index contributed by atoms with van der Waals surface area (Å²) in [6.45, 7) is 1.77. The Hall–Kier alpha value is -3.47. The van der Waals surface area contributed by atoms with Crippen molar-refractivity contribution in [2.24, 2.45) is 11.8 Å². The molecule has 8 aromatic carbocycles. The summed E-state index contributed by atoms with van der Waals surface area (Å²) >= 11 is -0.826. The van der Waals surface area contributed by atoms with Crippen molar-refractivity contribution in [2.45, 2.75) is 102 Å². The van der Waals surface area contributed by atoms with Gasteiger partial charge in [-0.1, -0.05) is 173 Å². The fourth-order valence-corrected chi connectivity index (χ4v) is 10.3. The predicted octanol–water partition coefficient (Wildman–Crippen LogP) is 18.5. The quantitative estimate of drug-likeness (QED) is 0.105. The zero-order chi connectivity index (χ0) is 44.0. The molecule has 0 aliphatic heterocycles. The summed E-state index contributed by atoms with van der Waals surface area (Å²) in [4.78, 5) is 0. The number of halogens is 5. The van der Waals surface area contributed by atoms with E-state index in [9.17, 15) is 13.2 Å². The third-order valence-electron chi connectivity index (χ3n) is 12.9. The van der Waals surface area contributed by atoms with Crippen LogP contribution in [-0.4, -0.2) is 15.7 Å². The van der Waals surface area contributed by atoms with Gasteiger partial charge in [-0.3, -0.25) is 0 Å². The van der Waals surface area contributed by atoms with E-state index in [-0.39, 0.29) is 6.04 Å². The molecule has 63 heavy (non-hydrogen) atoms. The molecule has 0 unspecified atom stereocenters. The molecule has 0 atom stereocenters. The second-order valence-corrected chi connectivity index (χ2v) is 22.4. The van der Waals surface area contributed by atoms with Gasteiger partial charge >= 0.3 is 44.1 Å². The summed E-state index contributed by atoms with van der Waals surface area (Å²) in [6, 6.07) is 54.5. The number of fused-ring (bicyclic) bond motifs is 4. The summed E-state index contributed by atoms with van der Waals surface area (Å²) in [5.74, 6) is 1.79. The first kappa shape index (κ1) is 47.5. The molecule has 10 rings (SSSR count). The van der Waals surface area contributed by atoms with Gasteiger partial charge in [0.25, 0.3) is 0 Å². The van der Waals surface area contributed by atoms with Crippen LogP contribution < -0.4 is 0 Å². The molecule has 8 aromatic rings. The Labute approximate surface area is 393 Å². The predicted molar refractivity (Wildman–Crippen MR) is 264 cm³/mol. The molecule has 0 spiro atoms. The van der Waals surface area contributed by atoms with Crippen molar-refractivity contribution < 1.29 is 34.0 Å². The summed E-state index contributed by atoms with van der Waals surface area (Å²) in [7, 11) is 10.3. The van der Waals surface area contributed by atoms with Crippen LogP contribution in [0.1, 0.15) is 81.8 Å². The summed E-state index contributed by atoms with van der Waals surface area (Å²) in [5, 5.41) is 10.9. The Morgan fingerprint density at radius 3 is 1.33 bits per heavy atom. The molecule has 0 nitrogen and oxygen atoms in total. The van der Waals surface area contributed by atoms with Crippen molar-refractivity contribution >= 4 is 69.6 Å². The van der Waals surface area contributed by atoms with E-state index in [2.05, 4.69) is 146 Å². The number of rotatable bonds is 8. The van der Waals surface area contributed by atoms with Crippen LogP contribution >= 0.6 is 17.0 Å². The molecule has 0 bridgehead atoms. The van der Waals surface area contributed by atoms with Crippen molar-refractivity contribution in [3.8, 4) is 22.3 Å². The molecule has 2 aliphatic rings. The van der Waals surface area contributed by atoms with Crippen molar-refractivity contribution in [1.29, 1.82) is 0 Å². The SMILES string of the molecule is C[Si]CCC(F)(F)F.[Cl][Zr+2][Cl].c1ccc2cc(-c3cccc4[cH-]c(CC5CCCCC5)cc34)ccc2c1.c1ccc2cc(-c3cccc4[cH-]c(CC5CCCCC5)cc34)ccc2c1. The van der Waals surface area contributed by atoms with E-state index < -0.39 is 33.4 Å². The van der Waals surface area contributed by atoms with Crippen molar-refractivity contribution in [1.82, 2.24) is 0 Å². The van der Waals surface area contributed by atoms with E-state index in [0.29, 0.717) is 9.52 Å². The summed E-state index contributed by atoms with van der Waals surface area (Å²) in [6.07, 6.45) is 12.2. The second kappa shape index (κ2) is 23.6. The van der Waals surface area contributed by atoms with Gasteiger partial charge in [-0.2, -0.15) is 25.3 Å². The minimum atomic E-state index is -3.94. The molecule has 0 N–H and O–H groups in total. The molecule has 0 amide bonds. The van der Waals surface area contributed by atoms with E-state index in [0.717, 1.165) is 11.8 Å². The maximum absolute atomic E-state index is 11.2.